The Hall–Kier alpha value is -2.37. The van der Waals surface area contributed by atoms with E-state index in [0.29, 0.717) is 18.7 Å². The summed E-state index contributed by atoms with van der Waals surface area (Å²) in [5.74, 6) is 0. The van der Waals surface area contributed by atoms with Gasteiger partial charge in [0.15, 0.2) is 0 Å². The van der Waals surface area contributed by atoms with E-state index in [2.05, 4.69) is 46.3 Å². The van der Waals surface area contributed by atoms with Gasteiger partial charge in [-0.1, -0.05) is 42.5 Å². The molecule has 1 fully saturated rings. The minimum Gasteiger partial charge on any atom is -0.461 e. The number of para-hydroxylation sites is 2. The first-order valence-electron chi connectivity index (χ1n) is 10.3. The number of aromatic nitrogens is 2. The molecule has 2 atom stereocenters. The third-order valence-electron chi connectivity index (χ3n) is 5.33. The van der Waals surface area contributed by atoms with Crippen LogP contribution in [0, 0.1) is 0 Å². The summed E-state index contributed by atoms with van der Waals surface area (Å²) in [5, 5.41) is 3.64. The number of fused-ring (bicyclic) bond motifs is 1. The summed E-state index contributed by atoms with van der Waals surface area (Å²) in [4.78, 5) is 4.76. The van der Waals surface area contributed by atoms with E-state index in [1.165, 1.54) is 5.56 Å². The molecule has 2 heterocycles. The Balaban J connectivity index is 1.46. The van der Waals surface area contributed by atoms with Crippen LogP contribution in [0.1, 0.15) is 25.3 Å². The van der Waals surface area contributed by atoms with Gasteiger partial charge in [0.05, 0.1) is 24.2 Å². The molecule has 5 nitrogen and oxygen atoms in total. The highest BCUT2D eigenvalue weighted by Crippen LogP contribution is 2.25. The lowest BCUT2D eigenvalue weighted by atomic mass is 9.96. The highest BCUT2D eigenvalue weighted by molar-refractivity contribution is 5.76. The predicted octanol–water partition coefficient (Wildman–Crippen LogP) is 3.81. The second kappa shape index (κ2) is 9.22. The zero-order chi connectivity index (χ0) is 19.2. The van der Waals surface area contributed by atoms with Gasteiger partial charge in [-0.15, -0.1) is 0 Å². The van der Waals surface area contributed by atoms with Gasteiger partial charge in [0, 0.05) is 19.1 Å². The minimum atomic E-state index is 0.178. The van der Waals surface area contributed by atoms with E-state index >= 15 is 0 Å². The smallest absolute Gasteiger partial charge is 0.297 e. The molecule has 4 rings (SSSR count). The van der Waals surface area contributed by atoms with Gasteiger partial charge in [-0.3, -0.25) is 4.57 Å². The van der Waals surface area contributed by atoms with Gasteiger partial charge in [-0.25, -0.2) is 0 Å². The first-order chi connectivity index (χ1) is 13.8. The normalized spacial score (nSPS) is 19.8. The molecule has 0 amide bonds. The number of nitrogens with one attached hydrogen (secondary N) is 1. The largest absolute Gasteiger partial charge is 0.461 e. The van der Waals surface area contributed by atoms with Crippen LogP contribution in [0.15, 0.2) is 54.6 Å². The van der Waals surface area contributed by atoms with Crippen molar-refractivity contribution in [2.45, 2.75) is 44.9 Å². The van der Waals surface area contributed by atoms with Gasteiger partial charge in [-0.05, 0) is 44.0 Å². The molecule has 0 bridgehead atoms. The molecular formula is C23H29N3O2. The van der Waals surface area contributed by atoms with Crippen molar-refractivity contribution in [1.82, 2.24) is 14.9 Å². The molecule has 1 saturated heterocycles. The number of piperidine rings is 1. The summed E-state index contributed by atoms with van der Waals surface area (Å²) >= 11 is 0. The van der Waals surface area contributed by atoms with E-state index in [9.17, 15) is 0 Å². The fourth-order valence-corrected chi connectivity index (χ4v) is 3.94. The molecule has 0 saturated carbocycles. The fraction of sp³-hybridized carbons (Fsp3) is 0.435. The topological polar surface area (TPSA) is 48.3 Å². The van der Waals surface area contributed by atoms with Crippen LogP contribution in [0.5, 0.6) is 6.01 Å². The summed E-state index contributed by atoms with van der Waals surface area (Å²) in [6, 6.07) is 20.0. The quantitative estimate of drug-likeness (QED) is 0.605. The van der Waals surface area contributed by atoms with Crippen LogP contribution in [0.25, 0.3) is 11.0 Å². The first kappa shape index (κ1) is 19.0. The summed E-state index contributed by atoms with van der Waals surface area (Å²) in [7, 11) is 0. The average molecular weight is 380 g/mol. The lowest BCUT2D eigenvalue weighted by Crippen LogP contribution is -2.43. The van der Waals surface area contributed by atoms with Crippen molar-refractivity contribution in [3.05, 3.63) is 60.2 Å². The molecule has 5 heteroatoms. The van der Waals surface area contributed by atoms with Crippen molar-refractivity contribution < 1.29 is 9.47 Å². The van der Waals surface area contributed by atoms with E-state index in [4.69, 9.17) is 14.5 Å². The fourth-order valence-electron chi connectivity index (χ4n) is 3.94. The summed E-state index contributed by atoms with van der Waals surface area (Å²) in [5.41, 5.74) is 3.44. The van der Waals surface area contributed by atoms with Gasteiger partial charge in [0.25, 0.3) is 6.01 Å². The van der Waals surface area contributed by atoms with Crippen LogP contribution in [-0.2, 0) is 17.7 Å². The van der Waals surface area contributed by atoms with Crippen LogP contribution >= 0.6 is 0 Å². The molecule has 1 aliphatic rings. The van der Waals surface area contributed by atoms with Crippen LogP contribution < -0.4 is 10.1 Å². The van der Waals surface area contributed by atoms with Gasteiger partial charge < -0.3 is 14.8 Å². The van der Waals surface area contributed by atoms with Crippen molar-refractivity contribution in [3.8, 4) is 6.01 Å². The molecule has 0 radical (unpaired) electrons. The molecule has 28 heavy (non-hydrogen) atoms. The Morgan fingerprint density at radius 3 is 2.79 bits per heavy atom. The molecular weight excluding hydrogens is 350 g/mol. The molecule has 2 aromatic carbocycles. The lowest BCUT2D eigenvalue weighted by Gasteiger charge is -2.30. The molecule has 0 aliphatic carbocycles. The standard InChI is InChI=1S/C23H29N3O2/c1-2-27-15-14-26-22-11-7-6-10-21(22)25-23(26)28-20-12-13-24-19(17-20)16-18-8-4-3-5-9-18/h3-11,19-20,24H,2,12-17H2,1H3/t19-,20+/m1/s1. The van der Waals surface area contributed by atoms with E-state index < -0.39 is 0 Å². The van der Waals surface area contributed by atoms with Crippen molar-refractivity contribution >= 4 is 11.0 Å². The highest BCUT2D eigenvalue weighted by Gasteiger charge is 2.25. The maximum absolute atomic E-state index is 6.43. The molecule has 1 N–H and O–H groups in total. The third kappa shape index (κ3) is 4.54. The van der Waals surface area contributed by atoms with E-state index in [0.717, 1.165) is 50.0 Å². The van der Waals surface area contributed by atoms with Crippen molar-refractivity contribution in [3.63, 3.8) is 0 Å². The maximum atomic E-state index is 6.43. The number of imidazole rings is 1. The van der Waals surface area contributed by atoms with Gasteiger partial charge in [0.2, 0.25) is 0 Å². The molecule has 1 aromatic heterocycles. The van der Waals surface area contributed by atoms with Crippen molar-refractivity contribution in [2.24, 2.45) is 0 Å². The van der Waals surface area contributed by atoms with Crippen molar-refractivity contribution in [2.75, 3.05) is 19.8 Å². The molecule has 0 spiro atoms. The van der Waals surface area contributed by atoms with Crippen LogP contribution in [0.3, 0.4) is 0 Å². The Morgan fingerprint density at radius 1 is 1.11 bits per heavy atom. The molecule has 0 unspecified atom stereocenters. The van der Waals surface area contributed by atoms with Gasteiger partial charge in [0.1, 0.15) is 6.10 Å². The number of hydrogen-bond acceptors (Lipinski definition) is 4. The minimum absolute atomic E-state index is 0.178. The second-order valence-electron chi connectivity index (χ2n) is 7.34. The molecule has 148 valence electrons. The highest BCUT2D eigenvalue weighted by atomic mass is 16.5. The Morgan fingerprint density at radius 2 is 1.93 bits per heavy atom. The van der Waals surface area contributed by atoms with Crippen LogP contribution in [-0.4, -0.2) is 41.5 Å². The molecule has 3 aromatic rings. The Bertz CT molecular complexity index is 878. The Labute approximate surface area is 166 Å². The van der Waals surface area contributed by atoms with Crippen molar-refractivity contribution in [1.29, 1.82) is 0 Å². The van der Waals surface area contributed by atoms with Gasteiger partial charge in [-0.2, -0.15) is 4.98 Å². The number of rotatable bonds is 8. The number of ether oxygens (including phenoxy) is 2. The van der Waals surface area contributed by atoms with Crippen LogP contribution in [0.4, 0.5) is 0 Å². The first-order valence-corrected chi connectivity index (χ1v) is 10.3. The third-order valence-corrected chi connectivity index (χ3v) is 5.33. The predicted molar refractivity (Wildman–Crippen MR) is 112 cm³/mol. The second-order valence-corrected chi connectivity index (χ2v) is 7.34. The zero-order valence-electron chi connectivity index (χ0n) is 16.5. The van der Waals surface area contributed by atoms with Crippen LogP contribution in [0.2, 0.25) is 0 Å². The summed E-state index contributed by atoms with van der Waals surface area (Å²) in [6.07, 6.45) is 3.20. The monoisotopic (exact) mass is 379 g/mol. The SMILES string of the molecule is CCOCCn1c(O[C@H]2CCN[C@H](Cc3ccccc3)C2)nc2ccccc21. The summed E-state index contributed by atoms with van der Waals surface area (Å²) < 4.78 is 14.1. The number of nitrogens with zero attached hydrogens (tertiary/aromatic N) is 2. The lowest BCUT2D eigenvalue weighted by molar-refractivity contribution is 0.111. The van der Waals surface area contributed by atoms with E-state index in [1.807, 2.05) is 25.1 Å². The summed E-state index contributed by atoms with van der Waals surface area (Å²) in [6.45, 7) is 5.13. The maximum Gasteiger partial charge on any atom is 0.297 e. The van der Waals surface area contributed by atoms with E-state index in [-0.39, 0.29) is 6.10 Å². The zero-order valence-corrected chi connectivity index (χ0v) is 16.5. The Kier molecular flexibility index (Phi) is 6.24. The van der Waals surface area contributed by atoms with Gasteiger partial charge >= 0.3 is 0 Å². The molecule has 1 aliphatic heterocycles. The average Bonchev–Trinajstić information content (AvgIpc) is 3.06. The number of benzene rings is 2. The van der Waals surface area contributed by atoms with E-state index in [1.54, 1.807) is 0 Å². The number of hydrogen-bond donors (Lipinski definition) is 1.